The number of hydrogen-bond acceptors (Lipinski definition) is 14. The standard InChI is InChI=1S/C42H53N8O20P/c1-21(51)44-28(18-33(54)55)39(63)45-25(13-14-32(52)53)37(61)47-27(17-23-9-11-24(12-10-23)70-71(67,68)69)38(62)48-29(19-34(56)57)40(64)49-30(20-35(58)59)42(66)50-15-5-8-31(50)41(65)46-26(36(43)60)16-22-6-3-2-4-7-22/h2-4,6-7,9-12,25-31H,5,8,13-20H2,1H3,(H2,43,60)(H,44,51)(H,45,63)(H,46,65)(H,47,61)(H,48,62)(H,49,64)(H,52,53)(H,54,55)(H,56,57)(H,58,59)(H2,67,68,69)/t25-,26-,27-,28-,29-,30-,31-/m0/s1. The zero-order valence-corrected chi connectivity index (χ0v) is 38.6. The summed E-state index contributed by atoms with van der Waals surface area (Å²) in [6.07, 6.45) is -5.23. The molecule has 29 heteroatoms. The van der Waals surface area contributed by atoms with Crippen LogP contribution in [-0.2, 0) is 74.9 Å². The van der Waals surface area contributed by atoms with Gasteiger partial charge in [-0.3, -0.25) is 67.3 Å². The number of benzene rings is 2. The minimum atomic E-state index is -5.05. The number of phosphoric ester groups is 1. The molecule has 14 N–H and O–H groups in total. The Balaban J connectivity index is 1.95. The predicted octanol–water partition coefficient (Wildman–Crippen LogP) is -3.36. The van der Waals surface area contributed by atoms with Crippen LogP contribution >= 0.6 is 7.82 Å². The van der Waals surface area contributed by atoms with Crippen LogP contribution in [-0.4, -0.2) is 155 Å². The number of carbonyl (C=O) groups is 12. The molecule has 1 saturated heterocycles. The maximum atomic E-state index is 14.1. The summed E-state index contributed by atoms with van der Waals surface area (Å²) >= 11 is 0. The molecular formula is C42H53N8O20P. The average molecular weight is 1020 g/mol. The molecule has 0 spiro atoms. The normalized spacial score (nSPS) is 15.7. The summed E-state index contributed by atoms with van der Waals surface area (Å²) in [4.78, 5) is 173. The van der Waals surface area contributed by atoms with Gasteiger partial charge in [0, 0.05) is 32.7 Å². The van der Waals surface area contributed by atoms with Gasteiger partial charge in [-0.2, -0.15) is 0 Å². The average Bonchev–Trinajstić information content (AvgIpc) is 3.76. The first kappa shape index (κ1) is 57.3. The minimum absolute atomic E-state index is 0.0149. The van der Waals surface area contributed by atoms with E-state index in [0.29, 0.717) is 5.56 Å². The summed E-state index contributed by atoms with van der Waals surface area (Å²) in [6, 6.07) is 0.638. The number of phosphoric acid groups is 1. The van der Waals surface area contributed by atoms with Crippen molar-refractivity contribution in [1.82, 2.24) is 36.8 Å². The number of aliphatic carboxylic acids is 4. The van der Waals surface area contributed by atoms with E-state index in [1.807, 2.05) is 0 Å². The molecule has 8 amide bonds. The van der Waals surface area contributed by atoms with Gasteiger partial charge >= 0.3 is 31.7 Å². The smallest absolute Gasteiger partial charge is 0.481 e. The van der Waals surface area contributed by atoms with Gasteiger partial charge in [0.25, 0.3) is 0 Å². The van der Waals surface area contributed by atoms with E-state index in [2.05, 4.69) is 36.4 Å². The topological polar surface area (TPSA) is 454 Å². The van der Waals surface area contributed by atoms with E-state index in [9.17, 15) is 92.3 Å². The lowest BCUT2D eigenvalue weighted by molar-refractivity contribution is -0.147. The molecule has 3 rings (SSSR count). The van der Waals surface area contributed by atoms with Crippen LogP contribution in [0.4, 0.5) is 0 Å². The van der Waals surface area contributed by atoms with Crippen molar-refractivity contribution >= 4 is 79.0 Å². The summed E-state index contributed by atoms with van der Waals surface area (Å²) in [6.45, 7) is 0.821. The van der Waals surface area contributed by atoms with Crippen molar-refractivity contribution in [2.24, 2.45) is 5.73 Å². The van der Waals surface area contributed by atoms with Gasteiger partial charge in [0.05, 0.1) is 19.3 Å². The number of carboxylic acids is 4. The van der Waals surface area contributed by atoms with E-state index in [-0.39, 0.29) is 37.1 Å². The molecule has 2 aromatic carbocycles. The Hall–Kier alpha value is -7.97. The maximum Gasteiger partial charge on any atom is 0.524 e. The Morgan fingerprint density at radius 3 is 1.61 bits per heavy atom. The second-order valence-corrected chi connectivity index (χ2v) is 17.2. The lowest BCUT2D eigenvalue weighted by Gasteiger charge is -2.30. The number of nitrogens with two attached hydrogens (primary N) is 1. The first-order chi connectivity index (χ1) is 33.2. The van der Waals surface area contributed by atoms with Crippen molar-refractivity contribution in [1.29, 1.82) is 0 Å². The fourth-order valence-corrected chi connectivity index (χ4v) is 7.52. The Kier molecular flexibility index (Phi) is 21.6. The molecule has 71 heavy (non-hydrogen) atoms. The molecule has 0 radical (unpaired) electrons. The number of carbonyl (C=O) groups excluding carboxylic acids is 8. The fourth-order valence-electron chi connectivity index (χ4n) is 7.13. The molecule has 0 saturated carbocycles. The van der Waals surface area contributed by atoms with Crippen LogP contribution in [0.25, 0.3) is 0 Å². The molecule has 0 aromatic heterocycles. The highest BCUT2D eigenvalue weighted by atomic mass is 31.2. The van der Waals surface area contributed by atoms with Crippen LogP contribution in [0.15, 0.2) is 54.6 Å². The van der Waals surface area contributed by atoms with Crippen molar-refractivity contribution in [3.63, 3.8) is 0 Å². The minimum Gasteiger partial charge on any atom is -0.481 e. The molecule has 1 heterocycles. The van der Waals surface area contributed by atoms with Crippen molar-refractivity contribution in [2.45, 2.75) is 107 Å². The Labute approximate surface area is 402 Å². The molecule has 0 aliphatic carbocycles. The molecule has 1 aliphatic rings. The van der Waals surface area contributed by atoms with Gasteiger partial charge in [0.15, 0.2) is 0 Å². The number of amides is 8. The fraction of sp³-hybridized carbons (Fsp3) is 0.429. The van der Waals surface area contributed by atoms with Gasteiger partial charge < -0.3 is 67.5 Å². The Morgan fingerprint density at radius 1 is 0.620 bits per heavy atom. The zero-order valence-electron chi connectivity index (χ0n) is 37.7. The molecular weight excluding hydrogens is 967 g/mol. The van der Waals surface area contributed by atoms with Gasteiger partial charge in [0.1, 0.15) is 48.0 Å². The number of likely N-dealkylation sites (tertiary alicyclic amines) is 1. The number of rotatable bonds is 28. The summed E-state index contributed by atoms with van der Waals surface area (Å²) in [5.41, 5.74) is 6.26. The van der Waals surface area contributed by atoms with E-state index in [0.717, 1.165) is 36.1 Å². The van der Waals surface area contributed by atoms with Crippen LogP contribution in [0.2, 0.25) is 0 Å². The van der Waals surface area contributed by atoms with Gasteiger partial charge in [-0.05, 0) is 42.5 Å². The number of hydrogen-bond donors (Lipinski definition) is 13. The van der Waals surface area contributed by atoms with E-state index in [1.54, 1.807) is 30.3 Å². The Morgan fingerprint density at radius 2 is 1.08 bits per heavy atom. The molecule has 1 aliphatic heterocycles. The molecule has 0 unspecified atom stereocenters. The summed E-state index contributed by atoms with van der Waals surface area (Å²) < 4.78 is 15.9. The van der Waals surface area contributed by atoms with E-state index >= 15 is 0 Å². The lowest BCUT2D eigenvalue weighted by atomic mass is 10.0. The van der Waals surface area contributed by atoms with Crippen molar-refractivity contribution in [3.8, 4) is 5.75 Å². The van der Waals surface area contributed by atoms with Crippen LogP contribution < -0.4 is 42.2 Å². The third kappa shape index (κ3) is 19.9. The number of nitrogens with one attached hydrogen (secondary N) is 6. The quantitative estimate of drug-likeness (QED) is 0.0370. The highest BCUT2D eigenvalue weighted by Gasteiger charge is 2.41. The van der Waals surface area contributed by atoms with Gasteiger partial charge in [-0.15, -0.1) is 0 Å². The molecule has 0 bridgehead atoms. The van der Waals surface area contributed by atoms with Crippen LogP contribution in [0, 0.1) is 0 Å². The molecule has 386 valence electrons. The summed E-state index contributed by atoms with van der Waals surface area (Å²) in [7, 11) is -5.05. The zero-order chi connectivity index (χ0) is 53.2. The van der Waals surface area contributed by atoms with Crippen molar-refractivity contribution < 1.29 is 96.8 Å². The summed E-state index contributed by atoms with van der Waals surface area (Å²) in [5.74, 6) is -15.9. The van der Waals surface area contributed by atoms with Gasteiger partial charge in [-0.1, -0.05) is 42.5 Å². The van der Waals surface area contributed by atoms with E-state index in [1.165, 1.54) is 0 Å². The van der Waals surface area contributed by atoms with Crippen LogP contribution in [0.5, 0.6) is 5.75 Å². The van der Waals surface area contributed by atoms with E-state index < -0.39 is 160 Å². The number of nitrogens with zero attached hydrogens (tertiary/aromatic N) is 1. The number of carboxylic acid groups (broad SMARTS) is 4. The van der Waals surface area contributed by atoms with E-state index in [4.69, 9.17) is 5.73 Å². The monoisotopic (exact) mass is 1020 g/mol. The number of primary amides is 1. The third-order valence-electron chi connectivity index (χ3n) is 10.4. The third-order valence-corrected chi connectivity index (χ3v) is 10.8. The second-order valence-electron chi connectivity index (χ2n) is 16.0. The molecule has 2 aromatic rings. The van der Waals surface area contributed by atoms with Gasteiger partial charge in [0.2, 0.25) is 47.3 Å². The van der Waals surface area contributed by atoms with Crippen LogP contribution in [0.1, 0.15) is 63.0 Å². The first-order valence-electron chi connectivity index (χ1n) is 21.4. The largest absolute Gasteiger partial charge is 0.524 e. The molecule has 7 atom stereocenters. The van der Waals surface area contributed by atoms with Crippen molar-refractivity contribution in [2.75, 3.05) is 6.54 Å². The first-order valence-corrected chi connectivity index (χ1v) is 22.9. The van der Waals surface area contributed by atoms with Gasteiger partial charge in [-0.25, -0.2) is 4.57 Å². The highest BCUT2D eigenvalue weighted by molar-refractivity contribution is 7.46. The van der Waals surface area contributed by atoms with Crippen molar-refractivity contribution in [3.05, 3.63) is 65.7 Å². The molecule has 1 fully saturated rings. The molecule has 28 nitrogen and oxygen atoms in total. The predicted molar refractivity (Wildman–Crippen MR) is 238 cm³/mol. The van der Waals surface area contributed by atoms with Crippen LogP contribution in [0.3, 0.4) is 0 Å². The maximum absolute atomic E-state index is 14.1. The SMILES string of the molecule is CC(=O)N[C@@H](CC(=O)O)C(=O)N[C@@H](CCC(=O)O)C(=O)N[C@@H](Cc1ccc(OP(=O)(O)O)cc1)C(=O)N[C@@H](CC(=O)O)C(=O)N[C@@H](CC(=O)O)C(=O)N1CCC[C@H]1C(=O)N[C@@H](Cc1ccccc1)C(N)=O. The lowest BCUT2D eigenvalue weighted by Crippen LogP contribution is -2.60. The second kappa shape index (κ2) is 26.7. The summed E-state index contributed by atoms with van der Waals surface area (Å²) in [5, 5.41) is 51.3. The highest BCUT2D eigenvalue weighted by Crippen LogP contribution is 2.37. The Bertz CT molecular complexity index is 2370.